The average Bonchev–Trinajstić information content (AvgIpc) is 3.09. The monoisotopic (exact) mass is 467 g/mol. The number of amides is 2. The van der Waals surface area contributed by atoms with Gasteiger partial charge in [0.1, 0.15) is 5.75 Å². The van der Waals surface area contributed by atoms with Crippen LogP contribution in [0.3, 0.4) is 0 Å². The summed E-state index contributed by atoms with van der Waals surface area (Å²) in [6, 6.07) is 12.3. The molecule has 1 saturated heterocycles. The predicted molar refractivity (Wildman–Crippen MR) is 127 cm³/mol. The Balaban J connectivity index is 1.70. The summed E-state index contributed by atoms with van der Waals surface area (Å²) in [6.07, 6.45) is 0.163. The number of hydrogen-bond acceptors (Lipinski definition) is 4. The summed E-state index contributed by atoms with van der Waals surface area (Å²) in [5.74, 6) is 0.464. The Bertz CT molecular complexity index is 1220. The Kier molecular flexibility index (Phi) is 6.42. The Hall–Kier alpha value is -3.32. The summed E-state index contributed by atoms with van der Waals surface area (Å²) in [7, 11) is 1.59. The largest absolute Gasteiger partial charge is 0.497 e. The number of carbonyl (C=O) groups is 3. The number of carbonyl (C=O) groups excluding carboxylic acids is 3. The van der Waals surface area contributed by atoms with Crippen LogP contribution in [0.5, 0.6) is 5.75 Å². The Labute approximate surface area is 197 Å². The van der Waals surface area contributed by atoms with E-state index in [-0.39, 0.29) is 24.1 Å². The highest BCUT2D eigenvalue weighted by Crippen LogP contribution is 2.31. The van der Waals surface area contributed by atoms with Gasteiger partial charge in [-0.1, -0.05) is 11.6 Å². The van der Waals surface area contributed by atoms with Gasteiger partial charge in [0.2, 0.25) is 11.8 Å². The lowest BCUT2D eigenvalue weighted by Crippen LogP contribution is -2.50. The fourth-order valence-electron chi connectivity index (χ4n) is 4.33. The van der Waals surface area contributed by atoms with Gasteiger partial charge in [-0.05, 0) is 55.0 Å². The highest BCUT2D eigenvalue weighted by Gasteiger charge is 2.26. The second-order valence-corrected chi connectivity index (χ2v) is 8.59. The van der Waals surface area contributed by atoms with E-state index in [1.165, 1.54) is 0 Å². The van der Waals surface area contributed by atoms with Crippen LogP contribution >= 0.6 is 11.6 Å². The molecule has 2 aromatic carbocycles. The van der Waals surface area contributed by atoms with Crippen LogP contribution in [-0.4, -0.2) is 65.4 Å². The number of halogens is 1. The molecule has 7 nitrogen and oxygen atoms in total. The minimum atomic E-state index is -0.187. The quantitative estimate of drug-likeness (QED) is 0.588. The van der Waals surface area contributed by atoms with E-state index in [0.717, 1.165) is 16.5 Å². The number of rotatable bonds is 4. The zero-order valence-electron chi connectivity index (χ0n) is 18.9. The molecule has 4 rings (SSSR count). The van der Waals surface area contributed by atoms with Gasteiger partial charge >= 0.3 is 0 Å². The van der Waals surface area contributed by atoms with Gasteiger partial charge in [-0.3, -0.25) is 19.0 Å². The summed E-state index contributed by atoms with van der Waals surface area (Å²) in [5, 5.41) is 1.37. The molecule has 2 heterocycles. The second-order valence-electron chi connectivity index (χ2n) is 8.16. The summed E-state index contributed by atoms with van der Waals surface area (Å²) in [6.45, 7) is 5.47. The summed E-state index contributed by atoms with van der Waals surface area (Å²) in [4.78, 5) is 41.7. The predicted octanol–water partition coefficient (Wildman–Crippen LogP) is 3.53. The van der Waals surface area contributed by atoms with Gasteiger partial charge in [0.15, 0.2) is 0 Å². The van der Waals surface area contributed by atoms with Crippen molar-refractivity contribution in [2.24, 2.45) is 0 Å². The van der Waals surface area contributed by atoms with Gasteiger partial charge < -0.3 is 14.5 Å². The summed E-state index contributed by atoms with van der Waals surface area (Å²) in [5.41, 5.74) is 2.74. The van der Waals surface area contributed by atoms with E-state index in [0.29, 0.717) is 48.2 Å². The molecule has 0 bridgehead atoms. The number of fused-ring (bicyclic) bond motifs is 1. The second kappa shape index (κ2) is 9.27. The van der Waals surface area contributed by atoms with Crippen molar-refractivity contribution in [3.8, 4) is 5.75 Å². The minimum absolute atomic E-state index is 0.0221. The number of benzene rings is 2. The lowest BCUT2D eigenvalue weighted by atomic mass is 10.1. The van der Waals surface area contributed by atoms with Crippen molar-refractivity contribution in [2.45, 2.75) is 20.3 Å². The van der Waals surface area contributed by atoms with E-state index in [4.69, 9.17) is 16.3 Å². The zero-order valence-corrected chi connectivity index (χ0v) is 19.7. The molecule has 0 atom stereocenters. The minimum Gasteiger partial charge on any atom is -0.497 e. The maximum Gasteiger partial charge on any atom is 0.262 e. The topological polar surface area (TPSA) is 71.8 Å². The van der Waals surface area contributed by atoms with Crippen molar-refractivity contribution in [1.82, 2.24) is 14.4 Å². The van der Waals surface area contributed by atoms with Gasteiger partial charge in [0, 0.05) is 54.8 Å². The SMILES string of the molecule is COc1ccc2c(c1)c(CC(=O)N1CCN(C(C)=O)CC1)c(C)n2C(=O)c1ccc(Cl)cc1. The lowest BCUT2D eigenvalue weighted by molar-refractivity contribution is -0.138. The number of hydrogen-bond donors (Lipinski definition) is 0. The van der Waals surface area contributed by atoms with Crippen LogP contribution in [0.2, 0.25) is 5.02 Å². The first-order valence-electron chi connectivity index (χ1n) is 10.8. The van der Waals surface area contributed by atoms with Crippen molar-refractivity contribution in [2.75, 3.05) is 33.3 Å². The Morgan fingerprint density at radius 2 is 1.61 bits per heavy atom. The molecule has 1 aromatic heterocycles. The van der Waals surface area contributed by atoms with Gasteiger partial charge in [0.05, 0.1) is 19.0 Å². The third-order valence-corrected chi connectivity index (χ3v) is 6.49. The van der Waals surface area contributed by atoms with Gasteiger partial charge in [-0.2, -0.15) is 0 Å². The van der Waals surface area contributed by atoms with Crippen molar-refractivity contribution in [3.63, 3.8) is 0 Å². The number of methoxy groups -OCH3 is 1. The standard InChI is InChI=1S/C25H26ClN3O4/c1-16-21(15-24(31)28-12-10-27(11-13-28)17(2)30)22-14-20(33-3)8-9-23(22)29(16)25(32)18-4-6-19(26)7-5-18/h4-9,14H,10-13,15H2,1-3H3. The molecule has 0 unspecified atom stereocenters. The van der Waals surface area contributed by atoms with Crippen molar-refractivity contribution >= 4 is 40.2 Å². The molecule has 0 saturated carbocycles. The third kappa shape index (κ3) is 4.46. The van der Waals surface area contributed by atoms with Gasteiger partial charge in [-0.15, -0.1) is 0 Å². The van der Waals surface area contributed by atoms with Gasteiger partial charge in [0.25, 0.3) is 5.91 Å². The van der Waals surface area contributed by atoms with Crippen LogP contribution in [0.1, 0.15) is 28.5 Å². The third-order valence-electron chi connectivity index (χ3n) is 6.24. The molecular weight excluding hydrogens is 442 g/mol. The van der Waals surface area contributed by atoms with E-state index in [2.05, 4.69) is 0 Å². The molecular formula is C25H26ClN3O4. The maximum absolute atomic E-state index is 13.4. The molecule has 1 aliphatic heterocycles. The number of piperazine rings is 1. The molecule has 0 aliphatic carbocycles. The fourth-order valence-corrected chi connectivity index (χ4v) is 4.46. The van der Waals surface area contributed by atoms with Crippen LogP contribution in [0, 0.1) is 6.92 Å². The molecule has 2 amide bonds. The van der Waals surface area contributed by atoms with E-state index in [1.807, 2.05) is 19.1 Å². The first kappa shape index (κ1) is 22.9. The Morgan fingerprint density at radius 1 is 0.970 bits per heavy atom. The molecule has 3 aromatic rings. The molecule has 1 aliphatic rings. The molecule has 0 radical (unpaired) electrons. The van der Waals surface area contributed by atoms with E-state index in [9.17, 15) is 14.4 Å². The van der Waals surface area contributed by atoms with E-state index >= 15 is 0 Å². The molecule has 1 fully saturated rings. The smallest absolute Gasteiger partial charge is 0.262 e. The average molecular weight is 468 g/mol. The maximum atomic E-state index is 13.4. The van der Waals surface area contributed by atoms with Crippen molar-refractivity contribution < 1.29 is 19.1 Å². The summed E-state index contributed by atoms with van der Waals surface area (Å²) < 4.78 is 7.05. The molecule has 0 spiro atoms. The van der Waals surface area contributed by atoms with Crippen LogP contribution in [-0.2, 0) is 16.0 Å². The van der Waals surface area contributed by atoms with Crippen LogP contribution in [0.15, 0.2) is 42.5 Å². The van der Waals surface area contributed by atoms with Crippen LogP contribution in [0.4, 0.5) is 0 Å². The molecule has 8 heteroatoms. The van der Waals surface area contributed by atoms with Crippen molar-refractivity contribution in [1.29, 1.82) is 0 Å². The number of nitrogens with zero attached hydrogens (tertiary/aromatic N) is 3. The number of ether oxygens (including phenoxy) is 1. The summed E-state index contributed by atoms with van der Waals surface area (Å²) >= 11 is 5.99. The molecule has 172 valence electrons. The highest BCUT2D eigenvalue weighted by molar-refractivity contribution is 6.30. The van der Waals surface area contributed by atoms with E-state index < -0.39 is 0 Å². The molecule has 0 N–H and O–H groups in total. The first-order valence-corrected chi connectivity index (χ1v) is 11.2. The first-order chi connectivity index (χ1) is 15.8. The lowest BCUT2D eigenvalue weighted by Gasteiger charge is -2.34. The van der Waals surface area contributed by atoms with Crippen LogP contribution in [0.25, 0.3) is 10.9 Å². The number of aromatic nitrogens is 1. The Morgan fingerprint density at radius 3 is 2.21 bits per heavy atom. The normalized spacial score (nSPS) is 13.9. The van der Waals surface area contributed by atoms with E-state index in [1.54, 1.807) is 58.7 Å². The molecule has 33 heavy (non-hydrogen) atoms. The fraction of sp³-hybridized carbons (Fsp3) is 0.320. The zero-order chi connectivity index (χ0) is 23.7. The van der Waals surface area contributed by atoms with Gasteiger partial charge in [-0.25, -0.2) is 0 Å². The highest BCUT2D eigenvalue weighted by atomic mass is 35.5. The van der Waals surface area contributed by atoms with Crippen molar-refractivity contribution in [3.05, 3.63) is 64.3 Å². The van der Waals surface area contributed by atoms with Crippen LogP contribution < -0.4 is 4.74 Å².